The van der Waals surface area contributed by atoms with Gasteiger partial charge < -0.3 is 14.7 Å². The molecule has 0 amide bonds. The highest BCUT2D eigenvalue weighted by molar-refractivity contribution is 5.48. The number of piperidine rings is 1. The standard InChI is InChI=1S/C19H23N7/c20-14-16-4-5-17(21-15-16)25-10-12-26(13-11-25)19-7-6-18(22-23-19)24-8-2-1-3-9-24/h4-7,15H,1-3,8-13H2. The number of pyridine rings is 1. The van der Waals surface area contributed by atoms with Crippen LogP contribution in [-0.2, 0) is 0 Å². The first kappa shape index (κ1) is 16.6. The predicted molar refractivity (Wildman–Crippen MR) is 101 cm³/mol. The van der Waals surface area contributed by atoms with Gasteiger partial charge in [-0.2, -0.15) is 5.26 Å². The van der Waals surface area contributed by atoms with Gasteiger partial charge in [0.2, 0.25) is 0 Å². The normalized spacial score (nSPS) is 17.9. The van der Waals surface area contributed by atoms with E-state index in [1.807, 2.05) is 12.1 Å². The molecule has 0 radical (unpaired) electrons. The summed E-state index contributed by atoms with van der Waals surface area (Å²) in [6.07, 6.45) is 5.44. The first-order chi connectivity index (χ1) is 12.8. The Morgan fingerprint density at radius 1 is 0.692 bits per heavy atom. The molecule has 0 aromatic carbocycles. The zero-order valence-corrected chi connectivity index (χ0v) is 14.9. The van der Waals surface area contributed by atoms with Crippen molar-refractivity contribution in [2.45, 2.75) is 19.3 Å². The minimum Gasteiger partial charge on any atom is -0.355 e. The number of rotatable bonds is 3. The molecule has 4 rings (SSSR count). The summed E-state index contributed by atoms with van der Waals surface area (Å²) in [6, 6.07) is 10.0. The molecule has 2 aromatic rings. The summed E-state index contributed by atoms with van der Waals surface area (Å²) < 4.78 is 0. The average Bonchev–Trinajstić information content (AvgIpc) is 2.75. The van der Waals surface area contributed by atoms with E-state index >= 15 is 0 Å². The molecule has 26 heavy (non-hydrogen) atoms. The lowest BCUT2D eigenvalue weighted by atomic mass is 10.1. The number of nitrogens with zero attached hydrogens (tertiary/aromatic N) is 7. The van der Waals surface area contributed by atoms with Crippen molar-refractivity contribution in [2.24, 2.45) is 0 Å². The maximum atomic E-state index is 8.88. The van der Waals surface area contributed by atoms with Gasteiger partial charge in [-0.1, -0.05) is 0 Å². The van der Waals surface area contributed by atoms with E-state index in [4.69, 9.17) is 5.26 Å². The number of hydrogen-bond acceptors (Lipinski definition) is 7. The molecule has 7 nitrogen and oxygen atoms in total. The summed E-state index contributed by atoms with van der Waals surface area (Å²) in [5.41, 5.74) is 0.594. The fraction of sp³-hybridized carbons (Fsp3) is 0.474. The maximum Gasteiger partial charge on any atom is 0.151 e. The summed E-state index contributed by atoms with van der Waals surface area (Å²) in [5, 5.41) is 17.8. The lowest BCUT2D eigenvalue weighted by Crippen LogP contribution is -2.47. The van der Waals surface area contributed by atoms with Gasteiger partial charge in [0.25, 0.3) is 0 Å². The van der Waals surface area contributed by atoms with Crippen LogP contribution in [0.3, 0.4) is 0 Å². The van der Waals surface area contributed by atoms with Crippen molar-refractivity contribution in [3.63, 3.8) is 0 Å². The van der Waals surface area contributed by atoms with Gasteiger partial charge in [0.1, 0.15) is 11.9 Å². The van der Waals surface area contributed by atoms with Gasteiger partial charge in [0, 0.05) is 45.5 Å². The zero-order chi connectivity index (χ0) is 17.8. The molecule has 2 saturated heterocycles. The molecule has 0 aliphatic carbocycles. The summed E-state index contributed by atoms with van der Waals surface area (Å²) in [4.78, 5) is 11.2. The molecule has 2 aliphatic rings. The Bertz CT molecular complexity index is 752. The number of nitriles is 1. The first-order valence-electron chi connectivity index (χ1n) is 9.28. The smallest absolute Gasteiger partial charge is 0.151 e. The van der Waals surface area contributed by atoms with Gasteiger partial charge >= 0.3 is 0 Å². The fourth-order valence-electron chi connectivity index (χ4n) is 3.58. The van der Waals surface area contributed by atoms with E-state index in [2.05, 4.69) is 48.1 Å². The van der Waals surface area contributed by atoms with Crippen LogP contribution in [0.2, 0.25) is 0 Å². The molecule has 2 aliphatic heterocycles. The minimum atomic E-state index is 0.594. The molecule has 0 saturated carbocycles. The van der Waals surface area contributed by atoms with Crippen molar-refractivity contribution in [3.05, 3.63) is 36.0 Å². The predicted octanol–water partition coefficient (Wildman–Crippen LogP) is 2.06. The second-order valence-electron chi connectivity index (χ2n) is 6.79. The number of aromatic nitrogens is 3. The van der Waals surface area contributed by atoms with Crippen LogP contribution in [0.5, 0.6) is 0 Å². The van der Waals surface area contributed by atoms with Crippen molar-refractivity contribution < 1.29 is 0 Å². The van der Waals surface area contributed by atoms with Crippen LogP contribution >= 0.6 is 0 Å². The quantitative estimate of drug-likeness (QED) is 0.840. The van der Waals surface area contributed by atoms with Crippen LogP contribution in [0.25, 0.3) is 0 Å². The number of anilines is 3. The van der Waals surface area contributed by atoms with Crippen LogP contribution < -0.4 is 14.7 Å². The molecule has 7 heteroatoms. The van der Waals surface area contributed by atoms with Gasteiger partial charge in [-0.3, -0.25) is 0 Å². The highest BCUT2D eigenvalue weighted by Gasteiger charge is 2.20. The summed E-state index contributed by atoms with van der Waals surface area (Å²) in [6.45, 7) is 5.72. The highest BCUT2D eigenvalue weighted by atomic mass is 15.3. The average molecular weight is 349 g/mol. The Morgan fingerprint density at radius 2 is 1.23 bits per heavy atom. The van der Waals surface area contributed by atoms with Gasteiger partial charge in [0.05, 0.1) is 5.56 Å². The van der Waals surface area contributed by atoms with Crippen LogP contribution in [0, 0.1) is 11.3 Å². The molecule has 0 spiro atoms. The van der Waals surface area contributed by atoms with Crippen LogP contribution in [-0.4, -0.2) is 54.4 Å². The topological polar surface area (TPSA) is 72.2 Å². The Balaban J connectivity index is 1.36. The third-order valence-electron chi connectivity index (χ3n) is 5.12. The molecule has 0 bridgehead atoms. The van der Waals surface area contributed by atoms with Crippen LogP contribution in [0.15, 0.2) is 30.5 Å². The SMILES string of the molecule is N#Cc1ccc(N2CCN(c3ccc(N4CCCCC4)nn3)CC2)nc1. The monoisotopic (exact) mass is 349 g/mol. The lowest BCUT2D eigenvalue weighted by molar-refractivity contribution is 0.570. The van der Waals surface area contributed by atoms with E-state index in [1.165, 1.54) is 19.3 Å². The summed E-state index contributed by atoms with van der Waals surface area (Å²) in [5.74, 6) is 2.86. The van der Waals surface area contributed by atoms with Gasteiger partial charge in [-0.15, -0.1) is 10.2 Å². The van der Waals surface area contributed by atoms with E-state index in [1.54, 1.807) is 6.20 Å². The molecule has 2 fully saturated rings. The third-order valence-corrected chi connectivity index (χ3v) is 5.12. The largest absolute Gasteiger partial charge is 0.355 e. The summed E-state index contributed by atoms with van der Waals surface area (Å²) in [7, 11) is 0. The van der Waals surface area contributed by atoms with Gasteiger partial charge in [-0.25, -0.2) is 4.98 Å². The zero-order valence-electron chi connectivity index (χ0n) is 14.9. The van der Waals surface area contributed by atoms with Crippen molar-refractivity contribution in [1.82, 2.24) is 15.2 Å². The van der Waals surface area contributed by atoms with Gasteiger partial charge in [0.15, 0.2) is 11.6 Å². The number of piperazine rings is 1. The molecule has 134 valence electrons. The Morgan fingerprint density at radius 3 is 1.73 bits per heavy atom. The van der Waals surface area contributed by atoms with Crippen molar-refractivity contribution in [1.29, 1.82) is 5.26 Å². The van der Waals surface area contributed by atoms with Crippen molar-refractivity contribution >= 4 is 17.5 Å². The molecule has 4 heterocycles. The summed E-state index contributed by atoms with van der Waals surface area (Å²) >= 11 is 0. The second-order valence-corrected chi connectivity index (χ2v) is 6.79. The molecule has 0 N–H and O–H groups in total. The molecular formula is C19H23N7. The molecular weight excluding hydrogens is 326 g/mol. The van der Waals surface area contributed by atoms with Crippen LogP contribution in [0.4, 0.5) is 17.5 Å². The van der Waals surface area contributed by atoms with E-state index in [9.17, 15) is 0 Å². The Hall–Kier alpha value is -2.88. The number of hydrogen-bond donors (Lipinski definition) is 0. The Labute approximate surface area is 153 Å². The second kappa shape index (κ2) is 7.56. The third kappa shape index (κ3) is 3.54. The molecule has 0 unspecified atom stereocenters. The van der Waals surface area contributed by atoms with Crippen LogP contribution in [0.1, 0.15) is 24.8 Å². The van der Waals surface area contributed by atoms with Crippen molar-refractivity contribution in [3.8, 4) is 6.07 Å². The van der Waals surface area contributed by atoms with Gasteiger partial charge in [-0.05, 0) is 43.5 Å². The fourth-order valence-corrected chi connectivity index (χ4v) is 3.58. The lowest BCUT2D eigenvalue weighted by Gasteiger charge is -2.36. The molecule has 0 atom stereocenters. The highest BCUT2D eigenvalue weighted by Crippen LogP contribution is 2.21. The van der Waals surface area contributed by atoms with E-state index in [0.29, 0.717) is 5.56 Å². The molecule has 2 aromatic heterocycles. The van der Waals surface area contributed by atoms with E-state index < -0.39 is 0 Å². The Kier molecular flexibility index (Phi) is 4.82. The van der Waals surface area contributed by atoms with Crippen molar-refractivity contribution in [2.75, 3.05) is 54.0 Å². The maximum absolute atomic E-state index is 8.88. The van der Waals surface area contributed by atoms with E-state index in [0.717, 1.165) is 56.7 Å². The first-order valence-corrected chi connectivity index (χ1v) is 9.28. The minimum absolute atomic E-state index is 0.594. The van der Waals surface area contributed by atoms with E-state index in [-0.39, 0.29) is 0 Å².